The average molecular weight is 462 g/mol. The highest BCUT2D eigenvalue weighted by Crippen LogP contribution is 2.32. The summed E-state index contributed by atoms with van der Waals surface area (Å²) in [6.45, 7) is 5.33. The molecule has 2 heterocycles. The maximum absolute atomic E-state index is 13.4. The Morgan fingerprint density at radius 3 is 2.50 bits per heavy atom. The number of aromatic nitrogens is 1. The third kappa shape index (κ3) is 5.05. The van der Waals surface area contributed by atoms with E-state index in [2.05, 4.69) is 10.3 Å². The molecule has 34 heavy (non-hydrogen) atoms. The minimum atomic E-state index is -1.40. The van der Waals surface area contributed by atoms with Crippen LogP contribution in [-0.2, 0) is 22.4 Å². The number of fused-ring (bicyclic) bond motifs is 1. The molecule has 1 aliphatic heterocycles. The van der Waals surface area contributed by atoms with E-state index in [1.807, 2.05) is 19.9 Å². The summed E-state index contributed by atoms with van der Waals surface area (Å²) in [6, 6.07) is 14.7. The second-order valence-corrected chi connectivity index (χ2v) is 9.65. The van der Waals surface area contributed by atoms with Crippen LogP contribution < -0.4 is 11.1 Å². The zero-order valence-electron chi connectivity index (χ0n) is 19.5. The van der Waals surface area contributed by atoms with E-state index in [9.17, 15) is 19.1 Å². The molecule has 0 bridgehead atoms. The van der Waals surface area contributed by atoms with E-state index in [1.165, 1.54) is 12.1 Å². The van der Waals surface area contributed by atoms with E-state index in [-0.39, 0.29) is 36.8 Å². The second kappa shape index (κ2) is 8.74. The van der Waals surface area contributed by atoms with E-state index < -0.39 is 11.1 Å². The van der Waals surface area contributed by atoms with Crippen molar-refractivity contribution in [2.24, 2.45) is 5.73 Å². The molecule has 0 saturated heterocycles. The predicted octanol–water partition coefficient (Wildman–Crippen LogP) is 4.45. The molecule has 0 radical (unpaired) electrons. The van der Waals surface area contributed by atoms with Crippen LogP contribution in [-0.4, -0.2) is 21.8 Å². The molecule has 0 spiro atoms. The smallest absolute Gasteiger partial charge is 0.228 e. The first-order chi connectivity index (χ1) is 15.9. The normalized spacial score (nSPS) is 14.9. The minimum Gasteiger partial charge on any atom is -0.384 e. The number of ketones is 1. The number of benzene rings is 2. The van der Waals surface area contributed by atoms with E-state index in [0.29, 0.717) is 22.5 Å². The zero-order chi connectivity index (χ0) is 24.7. The van der Waals surface area contributed by atoms with E-state index >= 15 is 0 Å². The molecular weight excluding hydrogens is 433 g/mol. The lowest BCUT2D eigenvalue weighted by Crippen LogP contribution is -2.31. The molecule has 2 aromatic carbocycles. The van der Waals surface area contributed by atoms with Crippen LogP contribution in [0.15, 0.2) is 54.6 Å². The van der Waals surface area contributed by atoms with Gasteiger partial charge in [0.1, 0.15) is 11.4 Å². The topological polar surface area (TPSA) is 105 Å². The number of nitrogens with zero attached hydrogens (tertiary/aromatic N) is 1. The quantitative estimate of drug-likeness (QED) is 0.451. The van der Waals surface area contributed by atoms with Crippen LogP contribution in [0.25, 0.3) is 11.3 Å². The van der Waals surface area contributed by atoms with Gasteiger partial charge in [0.05, 0.1) is 17.8 Å². The van der Waals surface area contributed by atoms with Gasteiger partial charge < -0.3 is 16.2 Å². The predicted molar refractivity (Wildman–Crippen MR) is 129 cm³/mol. The van der Waals surface area contributed by atoms with Crippen LogP contribution in [0.5, 0.6) is 0 Å². The van der Waals surface area contributed by atoms with Gasteiger partial charge in [0.25, 0.3) is 0 Å². The van der Waals surface area contributed by atoms with Gasteiger partial charge in [0, 0.05) is 28.8 Å². The number of pyridine rings is 1. The standard InChI is InChI=1S/C27H28FN3O3/c1-26(2,29)19-14-22(16-4-7-20(28)8-5-16)30-24(15-19)27(3,34)11-10-23(32)17-6-9-21-18(12-17)13-25(33)31-21/h4-9,12,14-15,34H,10-11,13,29H2,1-3H3,(H,31,33). The summed E-state index contributed by atoms with van der Waals surface area (Å²) in [5.74, 6) is -0.568. The Balaban J connectivity index is 1.59. The molecule has 6 nitrogen and oxygen atoms in total. The minimum absolute atomic E-state index is 0.0896. The summed E-state index contributed by atoms with van der Waals surface area (Å²) in [7, 11) is 0. The number of carbonyl (C=O) groups is 2. The number of aliphatic hydroxyl groups is 1. The summed E-state index contributed by atoms with van der Waals surface area (Å²) in [5, 5.41) is 14.1. The lowest BCUT2D eigenvalue weighted by atomic mass is 9.88. The molecule has 1 amide bonds. The molecule has 0 saturated carbocycles. The fraction of sp³-hybridized carbons (Fsp3) is 0.296. The van der Waals surface area contributed by atoms with Crippen LogP contribution in [0.3, 0.4) is 0 Å². The molecule has 4 rings (SSSR count). The van der Waals surface area contributed by atoms with Crippen molar-refractivity contribution in [2.75, 3.05) is 5.32 Å². The van der Waals surface area contributed by atoms with Crippen molar-refractivity contribution in [3.05, 3.63) is 82.8 Å². The summed E-state index contributed by atoms with van der Waals surface area (Å²) in [6.07, 6.45) is 0.493. The van der Waals surface area contributed by atoms with Gasteiger partial charge >= 0.3 is 0 Å². The summed E-state index contributed by atoms with van der Waals surface area (Å²) < 4.78 is 13.4. The number of rotatable bonds is 7. The van der Waals surface area contributed by atoms with Crippen molar-refractivity contribution < 1.29 is 19.1 Å². The van der Waals surface area contributed by atoms with E-state index in [0.717, 1.165) is 16.8 Å². The highest BCUT2D eigenvalue weighted by Gasteiger charge is 2.29. The van der Waals surface area contributed by atoms with Gasteiger partial charge in [0.15, 0.2) is 5.78 Å². The number of carbonyl (C=O) groups excluding carboxylic acids is 2. The summed E-state index contributed by atoms with van der Waals surface area (Å²) >= 11 is 0. The number of nitrogens with one attached hydrogen (secondary N) is 1. The number of anilines is 1. The van der Waals surface area contributed by atoms with Gasteiger partial charge in [-0.1, -0.05) is 0 Å². The Morgan fingerprint density at radius 2 is 1.82 bits per heavy atom. The van der Waals surface area contributed by atoms with Crippen molar-refractivity contribution in [2.45, 2.75) is 51.2 Å². The highest BCUT2D eigenvalue weighted by atomic mass is 19.1. The number of nitrogens with two attached hydrogens (primary N) is 1. The first-order valence-electron chi connectivity index (χ1n) is 11.2. The van der Waals surface area contributed by atoms with Crippen molar-refractivity contribution in [1.29, 1.82) is 0 Å². The summed E-state index contributed by atoms with van der Waals surface area (Å²) in [5.41, 5.74) is 8.68. The van der Waals surface area contributed by atoms with Gasteiger partial charge in [0.2, 0.25) is 5.91 Å². The molecular formula is C27H28FN3O3. The van der Waals surface area contributed by atoms with Crippen molar-refractivity contribution in [3.63, 3.8) is 0 Å². The van der Waals surface area contributed by atoms with Gasteiger partial charge in [-0.05, 0) is 92.9 Å². The third-order valence-electron chi connectivity index (χ3n) is 6.15. The van der Waals surface area contributed by atoms with Crippen LogP contribution in [0.1, 0.15) is 60.8 Å². The monoisotopic (exact) mass is 461 g/mol. The van der Waals surface area contributed by atoms with Crippen LogP contribution >= 0.6 is 0 Å². The van der Waals surface area contributed by atoms with Crippen LogP contribution in [0.4, 0.5) is 10.1 Å². The molecule has 0 aliphatic carbocycles. The Hall–Kier alpha value is -3.42. The number of halogens is 1. The third-order valence-corrected chi connectivity index (χ3v) is 6.15. The Labute approximate surface area is 198 Å². The Bertz CT molecular complexity index is 1260. The first-order valence-corrected chi connectivity index (χ1v) is 11.2. The number of Topliss-reactive ketones (excluding diaryl/α,β-unsaturated/α-hetero) is 1. The molecule has 7 heteroatoms. The van der Waals surface area contributed by atoms with Gasteiger partial charge in [-0.15, -0.1) is 0 Å². The number of hydrogen-bond acceptors (Lipinski definition) is 5. The molecule has 1 aromatic heterocycles. The summed E-state index contributed by atoms with van der Waals surface area (Å²) in [4.78, 5) is 29.1. The molecule has 4 N–H and O–H groups in total. The fourth-order valence-electron chi connectivity index (χ4n) is 3.98. The Kier molecular flexibility index (Phi) is 6.10. The fourth-order valence-corrected chi connectivity index (χ4v) is 3.98. The van der Waals surface area contributed by atoms with Crippen molar-refractivity contribution >= 4 is 17.4 Å². The molecule has 0 fully saturated rings. The van der Waals surface area contributed by atoms with Crippen molar-refractivity contribution in [1.82, 2.24) is 4.98 Å². The van der Waals surface area contributed by atoms with E-state index in [1.54, 1.807) is 43.3 Å². The van der Waals surface area contributed by atoms with Crippen molar-refractivity contribution in [3.8, 4) is 11.3 Å². The number of hydrogen-bond donors (Lipinski definition) is 3. The van der Waals surface area contributed by atoms with Crippen LogP contribution in [0, 0.1) is 5.82 Å². The Morgan fingerprint density at radius 1 is 1.12 bits per heavy atom. The highest BCUT2D eigenvalue weighted by molar-refractivity contribution is 6.02. The largest absolute Gasteiger partial charge is 0.384 e. The molecule has 1 unspecified atom stereocenters. The lowest BCUT2D eigenvalue weighted by molar-refractivity contribution is -0.115. The van der Waals surface area contributed by atoms with Crippen LogP contribution in [0.2, 0.25) is 0 Å². The molecule has 1 aliphatic rings. The lowest BCUT2D eigenvalue weighted by Gasteiger charge is -2.27. The van der Waals surface area contributed by atoms with Gasteiger partial charge in [-0.2, -0.15) is 0 Å². The van der Waals surface area contributed by atoms with Gasteiger partial charge in [-0.25, -0.2) is 9.37 Å². The average Bonchev–Trinajstić information content (AvgIpc) is 3.16. The zero-order valence-corrected chi connectivity index (χ0v) is 19.5. The maximum Gasteiger partial charge on any atom is 0.228 e. The molecule has 176 valence electrons. The maximum atomic E-state index is 13.4. The van der Waals surface area contributed by atoms with Gasteiger partial charge in [-0.3, -0.25) is 9.59 Å². The first kappa shape index (κ1) is 23.7. The van der Waals surface area contributed by atoms with E-state index in [4.69, 9.17) is 5.73 Å². The second-order valence-electron chi connectivity index (χ2n) is 9.65. The molecule has 1 atom stereocenters. The number of amides is 1. The SMILES string of the molecule is CC(C)(N)c1cc(-c2ccc(F)cc2)nc(C(C)(O)CCC(=O)c2ccc3c(c2)CC(=O)N3)c1. The molecule has 3 aromatic rings.